The molecule has 3 aromatic rings. The van der Waals surface area contributed by atoms with Crippen molar-refractivity contribution in [2.45, 2.75) is 52.1 Å². The number of likely N-dealkylation sites (tertiary alicyclic amines) is 1. The maximum absolute atomic E-state index is 12.8. The quantitative estimate of drug-likeness (QED) is 0.429. The predicted octanol–water partition coefficient (Wildman–Crippen LogP) is 5.02. The Morgan fingerprint density at radius 3 is 2.53 bits per heavy atom. The largest absolute Gasteiger partial charge is 0.493 e. The number of nitrogens with one attached hydrogen (secondary N) is 1. The van der Waals surface area contributed by atoms with Crippen LogP contribution in [0.4, 0.5) is 0 Å². The first-order valence-corrected chi connectivity index (χ1v) is 12.7. The molecular weight excluding hydrogens is 454 g/mol. The number of rotatable bonds is 10. The third-order valence-electron chi connectivity index (χ3n) is 6.95. The predicted molar refractivity (Wildman–Crippen MR) is 140 cm³/mol. The lowest BCUT2D eigenvalue weighted by Gasteiger charge is -2.31. The molecule has 7 nitrogen and oxygen atoms in total. The molecule has 1 saturated heterocycles. The average molecular weight is 492 g/mol. The van der Waals surface area contributed by atoms with E-state index in [9.17, 15) is 4.79 Å². The Morgan fingerprint density at radius 1 is 1.11 bits per heavy atom. The summed E-state index contributed by atoms with van der Waals surface area (Å²) in [5.74, 6) is 2.95. The first kappa shape index (κ1) is 25.8. The fourth-order valence-corrected chi connectivity index (χ4v) is 4.69. The Morgan fingerprint density at radius 2 is 1.83 bits per heavy atom. The van der Waals surface area contributed by atoms with Gasteiger partial charge in [-0.2, -0.15) is 0 Å². The Labute approximate surface area is 213 Å². The zero-order valence-corrected chi connectivity index (χ0v) is 21.8. The number of oxazole rings is 1. The van der Waals surface area contributed by atoms with Gasteiger partial charge in [0.1, 0.15) is 5.76 Å². The van der Waals surface area contributed by atoms with Gasteiger partial charge < -0.3 is 19.2 Å². The standard InChI is InChI=1S/C29H37N3O4/c1-20(10-11-22-8-6-5-7-9-22)30-28(33)23-14-16-32(17-15-23)19-25-21(2)36-29(31-25)24-12-13-26(34-3)27(18-24)35-4/h5-9,12-13,18,20,23H,10-11,14-17,19H2,1-4H3,(H,30,33). The van der Waals surface area contributed by atoms with Crippen molar-refractivity contribution in [3.8, 4) is 23.0 Å². The molecule has 0 aliphatic carbocycles. The zero-order chi connectivity index (χ0) is 25.5. The molecule has 0 bridgehead atoms. The fourth-order valence-electron chi connectivity index (χ4n) is 4.69. The zero-order valence-electron chi connectivity index (χ0n) is 21.8. The van der Waals surface area contributed by atoms with Crippen molar-refractivity contribution in [1.29, 1.82) is 0 Å². The average Bonchev–Trinajstić information content (AvgIpc) is 3.27. The molecule has 0 saturated carbocycles. The summed E-state index contributed by atoms with van der Waals surface area (Å²) in [5, 5.41) is 3.23. The Bertz CT molecular complexity index is 1140. The molecular formula is C29H37N3O4. The second-order valence-electron chi connectivity index (χ2n) is 9.58. The van der Waals surface area contributed by atoms with Crippen LogP contribution in [0, 0.1) is 12.8 Å². The Kier molecular flexibility index (Phi) is 8.65. The van der Waals surface area contributed by atoms with E-state index in [2.05, 4.69) is 41.4 Å². The summed E-state index contributed by atoms with van der Waals surface area (Å²) in [4.78, 5) is 19.9. The molecule has 1 aromatic heterocycles. The first-order chi connectivity index (χ1) is 17.5. The number of benzene rings is 2. The number of aromatic nitrogens is 1. The maximum Gasteiger partial charge on any atom is 0.226 e. The van der Waals surface area contributed by atoms with E-state index < -0.39 is 0 Å². The van der Waals surface area contributed by atoms with Crippen LogP contribution in [0.15, 0.2) is 52.9 Å². The van der Waals surface area contributed by atoms with E-state index >= 15 is 0 Å². The lowest BCUT2D eigenvalue weighted by Crippen LogP contribution is -2.43. The highest BCUT2D eigenvalue weighted by Gasteiger charge is 2.27. The third kappa shape index (κ3) is 6.46. The number of hydrogen-bond donors (Lipinski definition) is 1. The van der Waals surface area contributed by atoms with Crippen LogP contribution in [0.2, 0.25) is 0 Å². The summed E-state index contributed by atoms with van der Waals surface area (Å²) in [6.45, 7) is 6.50. The molecule has 0 radical (unpaired) electrons. The molecule has 4 rings (SSSR count). The molecule has 1 aliphatic heterocycles. The van der Waals surface area contributed by atoms with E-state index in [0.29, 0.717) is 23.9 Å². The van der Waals surface area contributed by atoms with Gasteiger partial charge in [-0.15, -0.1) is 0 Å². The number of methoxy groups -OCH3 is 2. The maximum atomic E-state index is 12.8. The van der Waals surface area contributed by atoms with Crippen LogP contribution in [-0.2, 0) is 17.8 Å². The smallest absolute Gasteiger partial charge is 0.226 e. The monoisotopic (exact) mass is 491 g/mol. The van der Waals surface area contributed by atoms with Crippen LogP contribution in [0.3, 0.4) is 0 Å². The second kappa shape index (κ2) is 12.1. The lowest BCUT2D eigenvalue weighted by atomic mass is 9.95. The van der Waals surface area contributed by atoms with Crippen molar-refractivity contribution in [3.63, 3.8) is 0 Å². The number of carbonyl (C=O) groups excluding carboxylic acids is 1. The number of hydrogen-bond acceptors (Lipinski definition) is 6. The SMILES string of the molecule is COc1ccc(-c2nc(CN3CCC(C(=O)NC(C)CCc4ccccc4)CC3)c(C)o2)cc1OC. The molecule has 1 aliphatic rings. The van der Waals surface area contributed by atoms with E-state index in [1.807, 2.05) is 31.2 Å². The topological polar surface area (TPSA) is 76.8 Å². The van der Waals surface area contributed by atoms with E-state index in [1.54, 1.807) is 14.2 Å². The molecule has 0 spiro atoms. The molecule has 1 amide bonds. The van der Waals surface area contributed by atoms with Crippen LogP contribution < -0.4 is 14.8 Å². The summed E-state index contributed by atoms with van der Waals surface area (Å²) in [6.07, 6.45) is 3.64. The third-order valence-corrected chi connectivity index (χ3v) is 6.95. The fraction of sp³-hybridized carbons (Fsp3) is 0.448. The highest BCUT2D eigenvalue weighted by molar-refractivity contribution is 5.79. The van der Waals surface area contributed by atoms with Crippen molar-refractivity contribution in [3.05, 3.63) is 65.5 Å². The molecule has 7 heteroatoms. The van der Waals surface area contributed by atoms with E-state index in [0.717, 1.165) is 55.8 Å². The molecule has 2 heterocycles. The molecule has 2 aromatic carbocycles. The minimum absolute atomic E-state index is 0.0705. The summed E-state index contributed by atoms with van der Waals surface area (Å²) >= 11 is 0. The summed E-state index contributed by atoms with van der Waals surface area (Å²) in [7, 11) is 3.23. The van der Waals surface area contributed by atoms with Gasteiger partial charge in [-0.05, 0) is 76.4 Å². The van der Waals surface area contributed by atoms with Crippen LogP contribution in [0.5, 0.6) is 11.5 Å². The van der Waals surface area contributed by atoms with E-state index in [1.165, 1.54) is 5.56 Å². The summed E-state index contributed by atoms with van der Waals surface area (Å²) in [5.41, 5.74) is 3.08. The van der Waals surface area contributed by atoms with E-state index in [4.69, 9.17) is 18.9 Å². The number of ether oxygens (including phenoxy) is 2. The number of piperidine rings is 1. The van der Waals surface area contributed by atoms with Gasteiger partial charge in [-0.1, -0.05) is 30.3 Å². The molecule has 36 heavy (non-hydrogen) atoms. The lowest BCUT2D eigenvalue weighted by molar-refractivity contribution is -0.127. The van der Waals surface area contributed by atoms with Gasteiger partial charge in [0.25, 0.3) is 0 Å². The van der Waals surface area contributed by atoms with Crippen LogP contribution in [0.1, 0.15) is 43.2 Å². The first-order valence-electron chi connectivity index (χ1n) is 12.7. The van der Waals surface area contributed by atoms with Gasteiger partial charge in [0.2, 0.25) is 11.8 Å². The summed E-state index contributed by atoms with van der Waals surface area (Å²) in [6, 6.07) is 16.2. The molecule has 192 valence electrons. The molecule has 1 N–H and O–H groups in total. The highest BCUT2D eigenvalue weighted by atomic mass is 16.5. The summed E-state index contributed by atoms with van der Waals surface area (Å²) < 4.78 is 16.7. The van der Waals surface area contributed by atoms with Gasteiger partial charge in [0.05, 0.1) is 19.9 Å². The number of amides is 1. The van der Waals surface area contributed by atoms with Crippen LogP contribution in [0.25, 0.3) is 11.5 Å². The van der Waals surface area contributed by atoms with Crippen molar-refractivity contribution in [2.24, 2.45) is 5.92 Å². The van der Waals surface area contributed by atoms with Gasteiger partial charge in [-0.3, -0.25) is 9.69 Å². The van der Waals surface area contributed by atoms with Gasteiger partial charge >= 0.3 is 0 Å². The van der Waals surface area contributed by atoms with Gasteiger partial charge in [0.15, 0.2) is 11.5 Å². The Hall–Kier alpha value is -3.32. The number of carbonyl (C=O) groups is 1. The normalized spacial score (nSPS) is 15.4. The highest BCUT2D eigenvalue weighted by Crippen LogP contribution is 2.33. The Balaban J connectivity index is 1.26. The minimum atomic E-state index is 0.0705. The minimum Gasteiger partial charge on any atom is -0.493 e. The van der Waals surface area contributed by atoms with Gasteiger partial charge in [0, 0.05) is 24.1 Å². The van der Waals surface area contributed by atoms with Crippen molar-refractivity contribution < 1.29 is 18.7 Å². The molecule has 1 atom stereocenters. The molecule has 1 fully saturated rings. The number of aryl methyl sites for hydroxylation is 2. The van der Waals surface area contributed by atoms with E-state index in [-0.39, 0.29) is 17.9 Å². The van der Waals surface area contributed by atoms with Crippen molar-refractivity contribution in [2.75, 3.05) is 27.3 Å². The van der Waals surface area contributed by atoms with Crippen molar-refractivity contribution >= 4 is 5.91 Å². The van der Waals surface area contributed by atoms with Gasteiger partial charge in [-0.25, -0.2) is 4.98 Å². The molecule has 1 unspecified atom stereocenters. The van der Waals surface area contributed by atoms with Crippen molar-refractivity contribution in [1.82, 2.24) is 15.2 Å². The van der Waals surface area contributed by atoms with Crippen LogP contribution >= 0.6 is 0 Å². The second-order valence-corrected chi connectivity index (χ2v) is 9.58. The van der Waals surface area contributed by atoms with Crippen LogP contribution in [-0.4, -0.2) is 49.1 Å². The number of nitrogens with zero attached hydrogens (tertiary/aromatic N) is 2.